The van der Waals surface area contributed by atoms with Crippen LogP contribution in [-0.2, 0) is 10.0 Å². The third-order valence-corrected chi connectivity index (χ3v) is 6.35. The number of benzene rings is 1. The zero-order valence-electron chi connectivity index (χ0n) is 9.80. The zero-order valence-corrected chi connectivity index (χ0v) is 13.6. The van der Waals surface area contributed by atoms with Crippen molar-refractivity contribution in [3.8, 4) is 0 Å². The van der Waals surface area contributed by atoms with Crippen molar-refractivity contribution in [2.45, 2.75) is 17.4 Å². The van der Waals surface area contributed by atoms with Crippen LogP contribution in [0.1, 0.15) is 16.8 Å². The molecule has 1 unspecified atom stereocenters. The molecule has 1 saturated heterocycles. The Labute approximate surface area is 129 Å². The Morgan fingerprint density at radius 3 is 2.79 bits per heavy atom. The Kier molecular flexibility index (Phi) is 4.75. The topological polar surface area (TPSA) is 83.5 Å². The summed E-state index contributed by atoms with van der Waals surface area (Å²) >= 11 is 3.58. The highest BCUT2D eigenvalue weighted by Gasteiger charge is 2.24. The van der Waals surface area contributed by atoms with E-state index in [1.807, 2.05) is 22.6 Å². The molecule has 19 heavy (non-hydrogen) atoms. The van der Waals surface area contributed by atoms with Crippen LogP contribution in [-0.4, -0.2) is 37.0 Å². The second kappa shape index (κ2) is 5.98. The summed E-state index contributed by atoms with van der Waals surface area (Å²) in [5, 5.41) is 9.02. The number of aromatic carboxylic acids is 1. The molecule has 8 heteroatoms. The van der Waals surface area contributed by atoms with Gasteiger partial charge in [0, 0.05) is 15.4 Å². The van der Waals surface area contributed by atoms with Crippen LogP contribution < -0.4 is 4.72 Å². The summed E-state index contributed by atoms with van der Waals surface area (Å²) in [6.45, 7) is 0. The van der Waals surface area contributed by atoms with Gasteiger partial charge in [-0.1, -0.05) is 0 Å². The van der Waals surface area contributed by atoms with E-state index in [2.05, 4.69) is 4.72 Å². The van der Waals surface area contributed by atoms with Crippen LogP contribution in [0.2, 0.25) is 0 Å². The largest absolute Gasteiger partial charge is 0.478 e. The summed E-state index contributed by atoms with van der Waals surface area (Å²) in [7, 11) is -3.65. The SMILES string of the molecule is O=C(O)c1cc(S(=O)(=O)NC2CCSC2)ccc1I. The van der Waals surface area contributed by atoms with E-state index in [9.17, 15) is 13.2 Å². The van der Waals surface area contributed by atoms with Gasteiger partial charge in [0.1, 0.15) is 0 Å². The van der Waals surface area contributed by atoms with Crippen LogP contribution >= 0.6 is 34.4 Å². The third kappa shape index (κ3) is 3.61. The first-order valence-corrected chi connectivity index (χ1v) is 9.25. The van der Waals surface area contributed by atoms with Crippen LogP contribution in [0.4, 0.5) is 0 Å². The summed E-state index contributed by atoms with van der Waals surface area (Å²) in [4.78, 5) is 11.0. The van der Waals surface area contributed by atoms with Gasteiger partial charge in [-0.05, 0) is 53.0 Å². The molecule has 2 rings (SSSR count). The number of halogens is 1. The minimum absolute atomic E-state index is 0.00205. The Balaban J connectivity index is 2.29. The maximum absolute atomic E-state index is 12.2. The molecule has 1 heterocycles. The van der Waals surface area contributed by atoms with E-state index in [0.717, 1.165) is 17.9 Å². The van der Waals surface area contributed by atoms with E-state index in [1.54, 1.807) is 11.8 Å². The van der Waals surface area contributed by atoms with Gasteiger partial charge in [0.2, 0.25) is 10.0 Å². The smallest absolute Gasteiger partial charge is 0.336 e. The number of sulfonamides is 1. The summed E-state index contributed by atoms with van der Waals surface area (Å²) in [6, 6.07) is 4.07. The average Bonchev–Trinajstić information content (AvgIpc) is 2.80. The highest BCUT2D eigenvalue weighted by atomic mass is 127. The molecular weight excluding hydrogens is 401 g/mol. The lowest BCUT2D eigenvalue weighted by Gasteiger charge is -2.12. The summed E-state index contributed by atoms with van der Waals surface area (Å²) < 4.78 is 27.4. The van der Waals surface area contributed by atoms with Crippen molar-refractivity contribution in [1.82, 2.24) is 4.72 Å². The molecule has 1 aliphatic rings. The van der Waals surface area contributed by atoms with Crippen LogP contribution in [0.15, 0.2) is 23.1 Å². The predicted octanol–water partition coefficient (Wildman–Crippen LogP) is 1.77. The molecule has 1 atom stereocenters. The Hall–Kier alpha value is -0.320. The normalized spacial score (nSPS) is 19.5. The van der Waals surface area contributed by atoms with Gasteiger partial charge >= 0.3 is 5.97 Å². The van der Waals surface area contributed by atoms with Gasteiger partial charge in [0.15, 0.2) is 0 Å². The molecule has 0 aromatic heterocycles. The van der Waals surface area contributed by atoms with Crippen molar-refractivity contribution in [2.75, 3.05) is 11.5 Å². The Morgan fingerprint density at radius 2 is 2.21 bits per heavy atom. The van der Waals surface area contributed by atoms with Gasteiger partial charge < -0.3 is 5.11 Å². The first-order chi connectivity index (χ1) is 8.90. The minimum atomic E-state index is -3.65. The molecule has 1 aromatic rings. The zero-order chi connectivity index (χ0) is 14.0. The van der Waals surface area contributed by atoms with Gasteiger partial charge in [-0.25, -0.2) is 17.9 Å². The van der Waals surface area contributed by atoms with Crippen LogP contribution in [0.25, 0.3) is 0 Å². The second-order valence-electron chi connectivity index (χ2n) is 4.13. The molecule has 0 radical (unpaired) electrons. The molecule has 0 aliphatic carbocycles. The summed E-state index contributed by atoms with van der Waals surface area (Å²) in [5.41, 5.74) is 0.00396. The molecule has 0 amide bonds. The fourth-order valence-corrected chi connectivity index (χ4v) is 4.87. The van der Waals surface area contributed by atoms with Crippen molar-refractivity contribution in [1.29, 1.82) is 0 Å². The van der Waals surface area contributed by atoms with Crippen molar-refractivity contribution >= 4 is 50.3 Å². The second-order valence-corrected chi connectivity index (χ2v) is 8.15. The van der Waals surface area contributed by atoms with E-state index < -0.39 is 16.0 Å². The lowest BCUT2D eigenvalue weighted by molar-refractivity contribution is 0.0695. The molecule has 0 bridgehead atoms. The molecule has 1 fully saturated rings. The predicted molar refractivity (Wildman–Crippen MR) is 82.2 cm³/mol. The summed E-state index contributed by atoms with van der Waals surface area (Å²) in [5.74, 6) is 0.577. The van der Waals surface area contributed by atoms with Crippen LogP contribution in [0.5, 0.6) is 0 Å². The Bertz CT molecular complexity index is 597. The van der Waals surface area contributed by atoms with Crippen molar-refractivity contribution < 1.29 is 18.3 Å². The number of rotatable bonds is 4. The van der Waals surface area contributed by atoms with Crippen LogP contribution in [0, 0.1) is 3.57 Å². The van der Waals surface area contributed by atoms with Crippen molar-refractivity contribution in [3.05, 3.63) is 27.3 Å². The fraction of sp³-hybridized carbons (Fsp3) is 0.364. The summed E-state index contributed by atoms with van der Waals surface area (Å²) in [6.07, 6.45) is 0.806. The number of thioether (sulfide) groups is 1. The molecule has 1 aromatic carbocycles. The lowest BCUT2D eigenvalue weighted by atomic mass is 10.2. The maximum atomic E-state index is 12.2. The molecule has 0 spiro atoms. The highest BCUT2D eigenvalue weighted by molar-refractivity contribution is 14.1. The molecule has 1 aliphatic heterocycles. The standard InChI is InChI=1S/C11H12INO4S2/c12-10-2-1-8(5-9(10)11(14)15)19(16,17)13-7-3-4-18-6-7/h1-2,5,7,13H,3-4,6H2,(H,14,15). The fourth-order valence-electron chi connectivity index (χ4n) is 1.75. The number of carboxylic acids is 1. The number of carbonyl (C=O) groups is 1. The quantitative estimate of drug-likeness (QED) is 0.736. The molecule has 2 N–H and O–H groups in total. The molecule has 104 valence electrons. The van der Waals surface area contributed by atoms with E-state index in [4.69, 9.17) is 5.11 Å². The van der Waals surface area contributed by atoms with Crippen molar-refractivity contribution in [2.24, 2.45) is 0 Å². The number of nitrogens with one attached hydrogen (secondary N) is 1. The first kappa shape index (κ1) is 15.1. The number of hydrogen-bond acceptors (Lipinski definition) is 4. The molecule has 0 saturated carbocycles. The lowest BCUT2D eigenvalue weighted by Crippen LogP contribution is -2.34. The number of hydrogen-bond donors (Lipinski definition) is 2. The van der Waals surface area contributed by atoms with E-state index in [1.165, 1.54) is 18.2 Å². The van der Waals surface area contributed by atoms with Gasteiger partial charge in [-0.3, -0.25) is 0 Å². The van der Waals surface area contributed by atoms with Gasteiger partial charge in [-0.2, -0.15) is 11.8 Å². The molecule has 5 nitrogen and oxygen atoms in total. The minimum Gasteiger partial charge on any atom is -0.478 e. The van der Waals surface area contributed by atoms with Crippen LogP contribution in [0.3, 0.4) is 0 Å². The van der Waals surface area contributed by atoms with E-state index >= 15 is 0 Å². The average molecular weight is 413 g/mol. The Morgan fingerprint density at radius 1 is 1.47 bits per heavy atom. The van der Waals surface area contributed by atoms with Gasteiger partial charge in [0.25, 0.3) is 0 Å². The highest BCUT2D eigenvalue weighted by Crippen LogP contribution is 2.21. The van der Waals surface area contributed by atoms with Gasteiger partial charge in [-0.15, -0.1) is 0 Å². The van der Waals surface area contributed by atoms with E-state index in [0.29, 0.717) is 3.57 Å². The maximum Gasteiger partial charge on any atom is 0.336 e. The van der Waals surface area contributed by atoms with Crippen molar-refractivity contribution in [3.63, 3.8) is 0 Å². The monoisotopic (exact) mass is 413 g/mol. The van der Waals surface area contributed by atoms with Gasteiger partial charge in [0.05, 0.1) is 10.5 Å². The third-order valence-electron chi connectivity index (χ3n) is 2.73. The molecular formula is C11H12INO4S2. The van der Waals surface area contributed by atoms with E-state index in [-0.39, 0.29) is 16.5 Å². The number of carboxylic acid groups (broad SMARTS) is 1. The first-order valence-electron chi connectivity index (χ1n) is 5.53.